The highest BCUT2D eigenvalue weighted by atomic mass is 16.5. The molecule has 1 aromatic rings. The first-order valence-electron chi connectivity index (χ1n) is 6.90. The number of aliphatic hydroxyl groups excluding tert-OH is 1. The van der Waals surface area contributed by atoms with Crippen molar-refractivity contribution in [1.82, 2.24) is 5.32 Å². The van der Waals surface area contributed by atoms with Gasteiger partial charge in [0.05, 0.1) is 18.3 Å². The minimum Gasteiger partial charge on any atom is -0.389 e. The second-order valence-electron chi connectivity index (χ2n) is 6.12. The number of aryl methyl sites for hydroxylation is 1. The van der Waals surface area contributed by atoms with E-state index in [1.165, 1.54) is 11.1 Å². The van der Waals surface area contributed by atoms with Crippen molar-refractivity contribution in [1.29, 1.82) is 0 Å². The zero-order chi connectivity index (χ0) is 14.5. The van der Waals surface area contributed by atoms with Crippen molar-refractivity contribution in [3.63, 3.8) is 0 Å². The lowest BCUT2D eigenvalue weighted by molar-refractivity contribution is -0.0482. The Morgan fingerprint density at radius 1 is 1.21 bits per heavy atom. The van der Waals surface area contributed by atoms with Crippen LogP contribution in [0.25, 0.3) is 0 Å². The molecule has 0 aliphatic rings. The van der Waals surface area contributed by atoms with Crippen molar-refractivity contribution in [3.8, 4) is 0 Å². The number of ether oxygens (including phenoxy) is 1. The van der Waals surface area contributed by atoms with Gasteiger partial charge in [-0.3, -0.25) is 0 Å². The molecule has 0 aliphatic carbocycles. The van der Waals surface area contributed by atoms with Gasteiger partial charge >= 0.3 is 0 Å². The van der Waals surface area contributed by atoms with Crippen molar-refractivity contribution in [2.24, 2.45) is 0 Å². The van der Waals surface area contributed by atoms with E-state index in [9.17, 15) is 5.11 Å². The van der Waals surface area contributed by atoms with Crippen molar-refractivity contribution in [2.45, 2.75) is 52.4 Å². The van der Waals surface area contributed by atoms with Gasteiger partial charge in [0.15, 0.2) is 0 Å². The van der Waals surface area contributed by atoms with Crippen LogP contribution in [0.5, 0.6) is 0 Å². The monoisotopic (exact) mass is 265 g/mol. The average Bonchev–Trinajstić information content (AvgIpc) is 2.33. The van der Waals surface area contributed by atoms with Crippen molar-refractivity contribution in [2.75, 3.05) is 13.2 Å². The lowest BCUT2D eigenvalue weighted by Gasteiger charge is -2.23. The zero-order valence-electron chi connectivity index (χ0n) is 12.7. The molecule has 0 saturated heterocycles. The normalized spacial score (nSPS) is 15.3. The topological polar surface area (TPSA) is 41.5 Å². The van der Waals surface area contributed by atoms with Gasteiger partial charge in [-0.05, 0) is 40.2 Å². The Kier molecular flexibility index (Phi) is 5.98. The Balaban J connectivity index is 2.33. The van der Waals surface area contributed by atoms with Crippen LogP contribution in [0.4, 0.5) is 0 Å². The van der Waals surface area contributed by atoms with E-state index in [1.54, 1.807) is 0 Å². The summed E-state index contributed by atoms with van der Waals surface area (Å²) in [5, 5.41) is 13.2. The molecule has 0 aromatic heterocycles. The predicted molar refractivity (Wildman–Crippen MR) is 79.3 cm³/mol. The SMILES string of the molecule is Cc1ccc([C@@H](C)NCC(O)COC(C)(C)C)cc1. The molecule has 1 rings (SSSR count). The lowest BCUT2D eigenvalue weighted by atomic mass is 10.1. The summed E-state index contributed by atoms with van der Waals surface area (Å²) in [5.41, 5.74) is 2.29. The van der Waals surface area contributed by atoms with E-state index in [1.807, 2.05) is 20.8 Å². The van der Waals surface area contributed by atoms with Gasteiger partial charge in [-0.2, -0.15) is 0 Å². The maximum atomic E-state index is 9.86. The summed E-state index contributed by atoms with van der Waals surface area (Å²) < 4.78 is 5.55. The summed E-state index contributed by atoms with van der Waals surface area (Å²) in [4.78, 5) is 0. The predicted octanol–water partition coefficient (Wildman–Crippen LogP) is 2.82. The number of benzene rings is 1. The van der Waals surface area contributed by atoms with Crippen LogP contribution in [-0.2, 0) is 4.74 Å². The smallest absolute Gasteiger partial charge is 0.0898 e. The van der Waals surface area contributed by atoms with Gasteiger partial charge in [0.25, 0.3) is 0 Å². The van der Waals surface area contributed by atoms with Crippen molar-refractivity contribution < 1.29 is 9.84 Å². The van der Waals surface area contributed by atoms with E-state index in [4.69, 9.17) is 4.74 Å². The van der Waals surface area contributed by atoms with Gasteiger partial charge in [-0.1, -0.05) is 29.8 Å². The number of aliphatic hydroxyl groups is 1. The molecule has 3 nitrogen and oxygen atoms in total. The van der Waals surface area contributed by atoms with E-state index in [-0.39, 0.29) is 11.6 Å². The molecule has 0 heterocycles. The maximum Gasteiger partial charge on any atom is 0.0898 e. The van der Waals surface area contributed by atoms with E-state index < -0.39 is 6.10 Å². The molecule has 0 fully saturated rings. The molecular weight excluding hydrogens is 238 g/mol. The fourth-order valence-corrected chi connectivity index (χ4v) is 1.69. The van der Waals surface area contributed by atoms with E-state index in [0.29, 0.717) is 13.2 Å². The molecule has 108 valence electrons. The van der Waals surface area contributed by atoms with Crippen LogP contribution in [0.1, 0.15) is 44.9 Å². The Labute approximate surface area is 117 Å². The van der Waals surface area contributed by atoms with Crippen molar-refractivity contribution in [3.05, 3.63) is 35.4 Å². The van der Waals surface area contributed by atoms with Gasteiger partial charge in [0.1, 0.15) is 0 Å². The second-order valence-corrected chi connectivity index (χ2v) is 6.12. The fourth-order valence-electron chi connectivity index (χ4n) is 1.69. The number of hydrogen-bond acceptors (Lipinski definition) is 3. The zero-order valence-corrected chi connectivity index (χ0v) is 12.7. The highest BCUT2D eigenvalue weighted by Gasteiger charge is 2.14. The second kappa shape index (κ2) is 7.04. The summed E-state index contributed by atoms with van der Waals surface area (Å²) in [5.74, 6) is 0. The third kappa shape index (κ3) is 6.71. The van der Waals surface area contributed by atoms with Gasteiger partial charge in [0.2, 0.25) is 0 Å². The Morgan fingerprint density at radius 3 is 2.32 bits per heavy atom. The van der Waals surface area contributed by atoms with Crippen LogP contribution in [-0.4, -0.2) is 30.0 Å². The van der Waals surface area contributed by atoms with Gasteiger partial charge in [-0.15, -0.1) is 0 Å². The third-order valence-corrected chi connectivity index (χ3v) is 2.95. The van der Waals surface area contributed by atoms with E-state index >= 15 is 0 Å². The third-order valence-electron chi connectivity index (χ3n) is 2.95. The largest absolute Gasteiger partial charge is 0.389 e. The molecule has 0 spiro atoms. The highest BCUT2D eigenvalue weighted by Crippen LogP contribution is 2.13. The molecule has 19 heavy (non-hydrogen) atoms. The summed E-state index contributed by atoms with van der Waals surface area (Å²) in [7, 11) is 0. The van der Waals surface area contributed by atoms with Crippen molar-refractivity contribution >= 4 is 0 Å². The first kappa shape index (κ1) is 16.2. The molecule has 1 unspecified atom stereocenters. The van der Waals surface area contributed by atoms with Gasteiger partial charge < -0.3 is 15.2 Å². The summed E-state index contributed by atoms with van der Waals surface area (Å²) in [6.07, 6.45) is -0.480. The molecule has 2 atom stereocenters. The Hall–Kier alpha value is -0.900. The van der Waals surface area contributed by atoms with Crippen LogP contribution >= 0.6 is 0 Å². The molecule has 1 aromatic carbocycles. The number of hydrogen-bond donors (Lipinski definition) is 2. The summed E-state index contributed by atoms with van der Waals surface area (Å²) >= 11 is 0. The minimum absolute atomic E-state index is 0.205. The lowest BCUT2D eigenvalue weighted by Crippen LogP contribution is -2.34. The van der Waals surface area contributed by atoms with Crippen LogP contribution in [0.2, 0.25) is 0 Å². The van der Waals surface area contributed by atoms with Gasteiger partial charge in [0, 0.05) is 12.6 Å². The van der Waals surface area contributed by atoms with Crippen LogP contribution in [0.15, 0.2) is 24.3 Å². The summed E-state index contributed by atoms with van der Waals surface area (Å²) in [6, 6.07) is 8.67. The first-order chi connectivity index (χ1) is 8.78. The molecular formula is C16H27NO2. The van der Waals surface area contributed by atoms with Crippen LogP contribution in [0.3, 0.4) is 0 Å². The average molecular weight is 265 g/mol. The van der Waals surface area contributed by atoms with Crippen LogP contribution in [0, 0.1) is 6.92 Å². The molecule has 0 aliphatic heterocycles. The van der Waals surface area contributed by atoms with Crippen LogP contribution < -0.4 is 5.32 Å². The number of nitrogens with one attached hydrogen (secondary N) is 1. The molecule has 0 amide bonds. The highest BCUT2D eigenvalue weighted by molar-refractivity contribution is 5.23. The standard InChI is InChI=1S/C16H27NO2/c1-12-6-8-14(9-7-12)13(2)17-10-15(18)11-19-16(3,4)5/h6-9,13,15,17-18H,10-11H2,1-5H3/t13-,15?/m1/s1. The Bertz CT molecular complexity index is 367. The Morgan fingerprint density at radius 2 is 1.79 bits per heavy atom. The quantitative estimate of drug-likeness (QED) is 0.831. The first-order valence-corrected chi connectivity index (χ1v) is 6.90. The summed E-state index contributed by atoms with van der Waals surface area (Å²) in [6.45, 7) is 11.0. The maximum absolute atomic E-state index is 9.86. The van der Waals surface area contributed by atoms with Gasteiger partial charge in [-0.25, -0.2) is 0 Å². The van der Waals surface area contributed by atoms with E-state index in [0.717, 1.165) is 0 Å². The van der Waals surface area contributed by atoms with E-state index in [2.05, 4.69) is 43.4 Å². The molecule has 3 heteroatoms. The molecule has 0 bridgehead atoms. The molecule has 2 N–H and O–H groups in total. The molecule has 0 radical (unpaired) electrons. The molecule has 0 saturated carbocycles. The number of rotatable bonds is 6. The fraction of sp³-hybridized carbons (Fsp3) is 0.625. The minimum atomic E-state index is -0.480.